The van der Waals surface area contributed by atoms with Gasteiger partial charge in [-0.3, -0.25) is 9.98 Å². The van der Waals surface area contributed by atoms with Crippen molar-refractivity contribution in [3.8, 4) is 0 Å². The Kier molecular flexibility index (Phi) is 11.5. The minimum absolute atomic E-state index is 0.0178. The summed E-state index contributed by atoms with van der Waals surface area (Å²) >= 11 is 0.652. The Labute approximate surface area is 244 Å². The second-order valence-corrected chi connectivity index (χ2v) is 10.6. The lowest BCUT2D eigenvalue weighted by Gasteiger charge is -2.10. The van der Waals surface area contributed by atoms with Gasteiger partial charge >= 0.3 is 11.9 Å². The van der Waals surface area contributed by atoms with Crippen molar-refractivity contribution >= 4 is 63.4 Å². The average Bonchev–Trinajstić information content (AvgIpc) is 2.94. The van der Waals surface area contributed by atoms with Crippen LogP contribution in [0.2, 0.25) is 0 Å². The molecule has 0 aromatic heterocycles. The number of hydrogen-bond donors (Lipinski definition) is 6. The Morgan fingerprint density at radius 1 is 0.905 bits per heavy atom. The Morgan fingerprint density at radius 3 is 2.24 bits per heavy atom. The highest BCUT2D eigenvalue weighted by atomic mass is 32.2. The van der Waals surface area contributed by atoms with Gasteiger partial charge in [0.2, 0.25) is 5.84 Å². The number of carbonyl (C=O) groups is 2. The topological polar surface area (TPSA) is 255 Å². The van der Waals surface area contributed by atoms with Gasteiger partial charge in [-0.05, 0) is 43.3 Å². The first kappa shape index (κ1) is 32.6. The van der Waals surface area contributed by atoms with Crippen molar-refractivity contribution < 1.29 is 62.0 Å². The number of nitrogens with zero attached hydrogens (tertiary/aromatic N) is 3. The molecule has 3 rings (SSSR count). The van der Waals surface area contributed by atoms with Gasteiger partial charge in [0, 0.05) is 10.5 Å². The molecule has 0 spiro atoms. The number of hydrazone groups is 1. The SMILES string of the molecule is Cc1ccc(NN=C(N=Nc2cc(SOOO)cc(SOOO)c2C(=O)O)c2ccccc2S(=O)(=O)O)c(C(=O)O)c1. The number of nitrogens with one attached hydrogen (secondary N) is 1. The highest BCUT2D eigenvalue weighted by molar-refractivity contribution is 7.95. The fourth-order valence-corrected chi connectivity index (χ4v) is 5.00. The molecule has 3 aromatic carbocycles. The maximum Gasteiger partial charge on any atom is 0.339 e. The highest BCUT2D eigenvalue weighted by Gasteiger charge is 2.22. The van der Waals surface area contributed by atoms with E-state index in [0.29, 0.717) is 17.6 Å². The quantitative estimate of drug-likeness (QED) is 0.0271. The lowest BCUT2D eigenvalue weighted by molar-refractivity contribution is -0.432. The maximum atomic E-state index is 12.1. The Bertz CT molecular complexity index is 1650. The lowest BCUT2D eigenvalue weighted by atomic mass is 10.1. The molecule has 0 atom stereocenters. The molecule has 0 saturated heterocycles. The normalized spacial score (nSPS) is 12.0. The second kappa shape index (κ2) is 14.8. The van der Waals surface area contributed by atoms with Crippen LogP contribution in [0, 0.1) is 6.92 Å². The lowest BCUT2D eigenvalue weighted by Crippen LogP contribution is -2.10. The fourth-order valence-electron chi connectivity index (χ4n) is 3.25. The molecule has 42 heavy (non-hydrogen) atoms. The van der Waals surface area contributed by atoms with E-state index in [0.717, 1.165) is 12.1 Å². The molecule has 0 unspecified atom stereocenters. The summed E-state index contributed by atoms with van der Waals surface area (Å²) in [5.74, 6) is -3.38. The zero-order valence-electron chi connectivity index (χ0n) is 20.8. The summed E-state index contributed by atoms with van der Waals surface area (Å²) in [5, 5.41) is 55.2. The molecule has 0 fully saturated rings. The molecule has 3 aromatic rings. The van der Waals surface area contributed by atoms with E-state index in [4.69, 9.17) is 10.5 Å². The Morgan fingerprint density at radius 2 is 1.60 bits per heavy atom. The molecule has 0 aliphatic carbocycles. The monoisotopic (exact) mass is 642 g/mol. The molecule has 0 aliphatic heterocycles. The van der Waals surface area contributed by atoms with E-state index in [9.17, 15) is 32.8 Å². The molecule has 17 nitrogen and oxygen atoms in total. The van der Waals surface area contributed by atoms with Crippen molar-refractivity contribution in [1.29, 1.82) is 0 Å². The maximum absolute atomic E-state index is 12.1. The second-order valence-electron chi connectivity index (χ2n) is 7.65. The van der Waals surface area contributed by atoms with Crippen LogP contribution in [0.5, 0.6) is 0 Å². The standard InChI is InChI=1S/C22H18N4O13S3/c1-11-6-7-15(14(8-11)21(27)28)23-25-20(13-4-2-3-5-18(13)42(33,34)35)26-24-16-9-12(40-38-36-31)10-17(41-39-37-32)19(16)22(29)30/h2-10,23,31-32H,1H3,(H,27,28)(H,29,30)(H,33,34,35). The van der Waals surface area contributed by atoms with Crippen LogP contribution < -0.4 is 5.43 Å². The fraction of sp³-hybridized carbons (Fsp3) is 0.0455. The summed E-state index contributed by atoms with van der Waals surface area (Å²) in [6.45, 7) is 1.66. The van der Waals surface area contributed by atoms with Gasteiger partial charge < -0.3 is 10.2 Å². The van der Waals surface area contributed by atoms with Crippen LogP contribution in [-0.2, 0) is 28.9 Å². The number of hydrogen-bond acceptors (Lipinski definition) is 15. The Hall–Kier alpha value is -3.96. The highest BCUT2D eigenvalue weighted by Crippen LogP contribution is 2.37. The van der Waals surface area contributed by atoms with E-state index >= 15 is 0 Å². The van der Waals surface area contributed by atoms with E-state index in [1.54, 1.807) is 13.0 Å². The van der Waals surface area contributed by atoms with Crippen LogP contribution in [0.25, 0.3) is 0 Å². The molecule has 0 radical (unpaired) electrons. The van der Waals surface area contributed by atoms with E-state index < -0.39 is 44.0 Å². The number of anilines is 1. The van der Waals surface area contributed by atoms with Crippen molar-refractivity contribution in [2.75, 3.05) is 5.43 Å². The van der Waals surface area contributed by atoms with Gasteiger partial charge in [-0.1, -0.05) is 33.8 Å². The van der Waals surface area contributed by atoms with Gasteiger partial charge in [-0.25, -0.2) is 20.1 Å². The summed E-state index contributed by atoms with van der Waals surface area (Å²) in [5.41, 5.74) is 1.64. The predicted octanol–water partition coefficient (Wildman–Crippen LogP) is 5.05. The molecule has 0 amide bonds. The first-order chi connectivity index (χ1) is 20.0. The molecule has 0 aliphatic rings. The predicted molar refractivity (Wildman–Crippen MR) is 144 cm³/mol. The van der Waals surface area contributed by atoms with Crippen molar-refractivity contribution in [3.05, 3.63) is 76.9 Å². The van der Waals surface area contributed by atoms with Gasteiger partial charge in [0.05, 0.1) is 40.2 Å². The van der Waals surface area contributed by atoms with Crippen molar-refractivity contribution in [2.45, 2.75) is 21.6 Å². The summed E-state index contributed by atoms with van der Waals surface area (Å²) in [4.78, 5) is 23.0. The van der Waals surface area contributed by atoms with E-state index in [1.165, 1.54) is 36.4 Å². The van der Waals surface area contributed by atoms with Gasteiger partial charge in [0.25, 0.3) is 10.1 Å². The molecule has 0 saturated carbocycles. The van der Waals surface area contributed by atoms with E-state index in [-0.39, 0.29) is 38.6 Å². The first-order valence-electron chi connectivity index (χ1n) is 10.8. The zero-order valence-corrected chi connectivity index (χ0v) is 23.2. The Balaban J connectivity index is 2.23. The van der Waals surface area contributed by atoms with Crippen LogP contribution in [0.1, 0.15) is 31.8 Å². The minimum atomic E-state index is -4.84. The summed E-state index contributed by atoms with van der Waals surface area (Å²) < 4.78 is 42.6. The smallest absolute Gasteiger partial charge is 0.339 e. The molecule has 6 N–H and O–H groups in total. The van der Waals surface area contributed by atoms with Crippen LogP contribution in [0.4, 0.5) is 11.4 Å². The number of benzene rings is 3. The number of aromatic carboxylic acids is 2. The third kappa shape index (κ3) is 8.53. The number of aryl methyl sites for hydroxylation is 1. The van der Waals surface area contributed by atoms with Crippen molar-refractivity contribution in [3.63, 3.8) is 0 Å². The number of carboxylic acids is 2. The average molecular weight is 643 g/mol. The van der Waals surface area contributed by atoms with Crippen LogP contribution >= 0.6 is 24.1 Å². The molecular formula is C22H18N4O13S3. The molecule has 20 heteroatoms. The van der Waals surface area contributed by atoms with E-state index in [2.05, 4.69) is 39.5 Å². The third-order valence-electron chi connectivity index (χ3n) is 4.93. The zero-order chi connectivity index (χ0) is 30.9. The van der Waals surface area contributed by atoms with Crippen LogP contribution in [0.3, 0.4) is 0 Å². The molecule has 0 bridgehead atoms. The number of azo groups is 1. The third-order valence-corrected chi connectivity index (χ3v) is 7.03. The van der Waals surface area contributed by atoms with Gasteiger partial charge in [0.1, 0.15) is 16.1 Å². The van der Waals surface area contributed by atoms with Crippen molar-refractivity contribution in [1.82, 2.24) is 0 Å². The van der Waals surface area contributed by atoms with Gasteiger partial charge in [0.15, 0.2) is 0 Å². The summed E-state index contributed by atoms with van der Waals surface area (Å²) in [6.07, 6.45) is 0. The van der Waals surface area contributed by atoms with Crippen molar-refractivity contribution in [2.24, 2.45) is 15.3 Å². The minimum Gasteiger partial charge on any atom is -0.478 e. The number of carboxylic acid groups (broad SMARTS) is 2. The van der Waals surface area contributed by atoms with Gasteiger partial charge in [-0.2, -0.15) is 13.5 Å². The first-order valence-corrected chi connectivity index (χ1v) is 13.8. The number of amidine groups is 1. The van der Waals surface area contributed by atoms with Gasteiger partial charge in [-0.15, -0.1) is 18.9 Å². The molecule has 222 valence electrons. The summed E-state index contributed by atoms with van der Waals surface area (Å²) in [6, 6.07) is 11.5. The van der Waals surface area contributed by atoms with E-state index in [1.807, 2.05) is 0 Å². The number of rotatable bonds is 13. The molecule has 0 heterocycles. The van der Waals surface area contributed by atoms with Crippen LogP contribution in [0.15, 0.2) is 84.6 Å². The molecular weight excluding hydrogens is 624 g/mol. The largest absolute Gasteiger partial charge is 0.478 e. The summed E-state index contributed by atoms with van der Waals surface area (Å²) in [7, 11) is -4.84. The van der Waals surface area contributed by atoms with Crippen LogP contribution in [-0.4, -0.2) is 51.5 Å².